The Kier molecular flexibility index (Phi) is 6.60. The summed E-state index contributed by atoms with van der Waals surface area (Å²) >= 11 is 0. The van der Waals surface area contributed by atoms with Crippen molar-refractivity contribution in [2.24, 2.45) is 0 Å². The number of rotatable bonds is 9. The molecule has 33 heavy (non-hydrogen) atoms. The third-order valence-corrected chi connectivity index (χ3v) is 4.96. The van der Waals surface area contributed by atoms with Crippen molar-refractivity contribution in [1.29, 1.82) is 0 Å². The summed E-state index contributed by atoms with van der Waals surface area (Å²) in [7, 11) is 0.228. The molecule has 0 atom stereocenters. The zero-order chi connectivity index (χ0) is 23.4. The Bertz CT molecular complexity index is 1340. The van der Waals surface area contributed by atoms with Gasteiger partial charge < -0.3 is 14.2 Å². The maximum atomic E-state index is 11.0. The fourth-order valence-electron chi connectivity index (χ4n) is 3.21. The zero-order valence-corrected chi connectivity index (χ0v) is 18.9. The lowest BCUT2D eigenvalue weighted by atomic mass is 10.3. The second-order valence-corrected chi connectivity index (χ2v) is 7.37. The number of fused-ring (bicyclic) bond motifs is 1. The van der Waals surface area contributed by atoms with Crippen LogP contribution >= 0.6 is 0 Å². The molecule has 13 heteroatoms. The predicted molar refractivity (Wildman–Crippen MR) is 119 cm³/mol. The van der Waals surface area contributed by atoms with Gasteiger partial charge in [-0.25, -0.2) is 38.1 Å². The average molecular weight is 471 g/mol. The van der Waals surface area contributed by atoms with Gasteiger partial charge in [0.05, 0.1) is 39.3 Å². The van der Waals surface area contributed by atoms with Crippen LogP contribution in [0.1, 0.15) is 12.6 Å². The van der Waals surface area contributed by atoms with E-state index in [1.165, 1.54) is 20.4 Å². The highest BCUT2D eigenvalue weighted by atomic mass is 32.2. The van der Waals surface area contributed by atoms with Crippen LogP contribution < -0.4 is 18.9 Å². The first kappa shape index (κ1) is 22.4. The molecular weight excluding hydrogens is 450 g/mol. The molecule has 0 aromatic carbocycles. The maximum Gasteiger partial charge on any atom is 0.242 e. The highest BCUT2D eigenvalue weighted by Crippen LogP contribution is 2.36. The van der Waals surface area contributed by atoms with Gasteiger partial charge in [-0.3, -0.25) is 4.57 Å². The van der Waals surface area contributed by atoms with Crippen molar-refractivity contribution in [3.05, 3.63) is 42.4 Å². The van der Waals surface area contributed by atoms with Crippen LogP contribution in [0.5, 0.6) is 17.5 Å². The van der Waals surface area contributed by atoms with Gasteiger partial charge in [0.2, 0.25) is 22.7 Å². The molecule has 4 aromatic heterocycles. The smallest absolute Gasteiger partial charge is 0.242 e. The first-order valence-electron chi connectivity index (χ1n) is 9.85. The number of hydrogen-bond donors (Lipinski definition) is 2. The van der Waals surface area contributed by atoms with Crippen LogP contribution in [0.2, 0.25) is 0 Å². The Labute approximate surface area is 190 Å². The van der Waals surface area contributed by atoms with Crippen LogP contribution in [0, 0.1) is 0 Å². The van der Waals surface area contributed by atoms with E-state index in [0.29, 0.717) is 52.4 Å². The zero-order valence-electron chi connectivity index (χ0n) is 18.1. The van der Waals surface area contributed by atoms with Crippen LogP contribution in [0.3, 0.4) is 0 Å². The number of imidazole rings is 1. The average Bonchev–Trinajstić information content (AvgIpc) is 3.21. The monoisotopic (exact) mass is 471 g/mol. The summed E-state index contributed by atoms with van der Waals surface area (Å²) in [5, 5.41) is 0. The molecule has 0 saturated carbocycles. The Morgan fingerprint density at radius 3 is 2.64 bits per heavy atom. The van der Waals surface area contributed by atoms with E-state index in [4.69, 9.17) is 14.2 Å². The molecule has 0 spiro atoms. The van der Waals surface area contributed by atoms with Gasteiger partial charge >= 0.3 is 0 Å². The van der Waals surface area contributed by atoms with Crippen LogP contribution in [0.25, 0.3) is 28.5 Å². The van der Waals surface area contributed by atoms with Crippen LogP contribution in [0.4, 0.5) is 0 Å². The summed E-state index contributed by atoms with van der Waals surface area (Å²) in [4.78, 5) is 22.4. The Balaban J connectivity index is 2.02. The molecule has 12 nitrogen and oxygen atoms in total. The van der Waals surface area contributed by atoms with Gasteiger partial charge in [-0.2, -0.15) is 0 Å². The van der Waals surface area contributed by atoms with Gasteiger partial charge in [-0.05, 0) is 13.0 Å². The lowest BCUT2D eigenvalue weighted by Gasteiger charge is -2.15. The minimum atomic E-state index is -2.79. The topological polar surface area (TPSA) is 143 Å². The Morgan fingerprint density at radius 1 is 1.06 bits per heavy atom. The predicted octanol–water partition coefficient (Wildman–Crippen LogP) is 1.30. The largest absolute Gasteiger partial charge is 0.494 e. The summed E-state index contributed by atoms with van der Waals surface area (Å²) in [5.74, 6) is 1.56. The molecule has 0 aliphatic carbocycles. The lowest BCUT2D eigenvalue weighted by molar-refractivity contribution is 0.327. The molecule has 4 rings (SSSR count). The summed E-state index contributed by atoms with van der Waals surface area (Å²) in [5.41, 5.74) is 2.00. The number of nitrogens with one attached hydrogen (secondary N) is 1. The summed E-state index contributed by atoms with van der Waals surface area (Å²) in [6.07, 6.45) is 3.01. The highest BCUT2D eigenvalue weighted by Gasteiger charge is 2.24. The summed E-state index contributed by atoms with van der Waals surface area (Å²) < 4.78 is 42.5. The van der Waals surface area contributed by atoms with Gasteiger partial charge in [-0.15, -0.1) is 0 Å². The molecule has 0 unspecified atom stereocenters. The first-order chi connectivity index (χ1) is 16.0. The van der Waals surface area contributed by atoms with Crippen LogP contribution in [-0.2, 0) is 17.4 Å². The minimum absolute atomic E-state index is 0.0262. The van der Waals surface area contributed by atoms with Crippen molar-refractivity contribution < 1.29 is 22.6 Å². The summed E-state index contributed by atoms with van der Waals surface area (Å²) in [6, 6.07) is 7.00. The van der Waals surface area contributed by atoms with Crippen molar-refractivity contribution in [3.8, 4) is 34.7 Å². The van der Waals surface area contributed by atoms with Gasteiger partial charge in [0.1, 0.15) is 11.4 Å². The second kappa shape index (κ2) is 9.75. The SMILES string of the molecule is CCOc1cccc(-c2nc3ncc(CN[SH](=O)=O)nc3n2-c2c(OC)ccnc2OC)n1. The van der Waals surface area contributed by atoms with Crippen molar-refractivity contribution in [2.45, 2.75) is 13.5 Å². The molecule has 0 amide bonds. The standard InChI is InChI=1S/C20H21N7O5S/c1-4-32-15-7-5-6-13(25-15)18-26-17-19(24-12(10-22-17)11-23-33(28)29)27(18)16-14(30-2)8-9-21-20(16)31-3/h5-10,33H,4,11H2,1-3H3,(H,23,28,29). The molecule has 0 radical (unpaired) electrons. The quantitative estimate of drug-likeness (QED) is 0.343. The number of nitrogens with zero attached hydrogens (tertiary/aromatic N) is 6. The first-order valence-corrected chi connectivity index (χ1v) is 11.0. The number of methoxy groups -OCH3 is 2. The number of ether oxygens (including phenoxy) is 3. The van der Waals surface area contributed by atoms with E-state index in [-0.39, 0.29) is 12.4 Å². The van der Waals surface area contributed by atoms with Gasteiger partial charge in [0, 0.05) is 18.3 Å². The molecular formula is C20H21N7O5S. The molecule has 1 N–H and O–H groups in total. The third-order valence-electron chi connectivity index (χ3n) is 4.55. The minimum Gasteiger partial charge on any atom is -0.494 e. The molecule has 4 heterocycles. The third kappa shape index (κ3) is 4.54. The number of pyridine rings is 2. The molecule has 0 aliphatic rings. The number of thiol groups is 1. The Morgan fingerprint density at radius 2 is 1.91 bits per heavy atom. The van der Waals surface area contributed by atoms with Crippen molar-refractivity contribution >= 4 is 22.2 Å². The van der Waals surface area contributed by atoms with Gasteiger partial charge in [0.15, 0.2) is 22.8 Å². The number of aromatic nitrogens is 6. The van der Waals surface area contributed by atoms with E-state index in [9.17, 15) is 8.42 Å². The second-order valence-electron chi connectivity index (χ2n) is 6.54. The molecule has 0 aliphatic heterocycles. The maximum absolute atomic E-state index is 11.0. The van der Waals surface area contributed by atoms with Gasteiger partial charge in [0.25, 0.3) is 0 Å². The number of hydrogen-bond acceptors (Lipinski definition) is 10. The Hall–Kier alpha value is -3.84. The van der Waals surface area contributed by atoms with Crippen molar-refractivity contribution in [1.82, 2.24) is 34.2 Å². The molecule has 0 bridgehead atoms. The summed E-state index contributed by atoms with van der Waals surface area (Å²) in [6.45, 7) is 2.30. The van der Waals surface area contributed by atoms with E-state index in [1.807, 2.05) is 6.92 Å². The fraction of sp³-hybridized carbons (Fsp3) is 0.250. The van der Waals surface area contributed by atoms with E-state index in [0.717, 1.165) is 0 Å². The van der Waals surface area contributed by atoms with Crippen LogP contribution in [0.15, 0.2) is 36.7 Å². The molecule has 0 fully saturated rings. The molecule has 172 valence electrons. The van der Waals surface area contributed by atoms with E-state index >= 15 is 0 Å². The van der Waals surface area contributed by atoms with Crippen molar-refractivity contribution in [3.63, 3.8) is 0 Å². The highest BCUT2D eigenvalue weighted by molar-refractivity contribution is 7.70. The van der Waals surface area contributed by atoms with Crippen molar-refractivity contribution in [2.75, 3.05) is 20.8 Å². The molecule has 4 aromatic rings. The van der Waals surface area contributed by atoms with E-state index in [2.05, 4.69) is 29.6 Å². The fourth-order valence-corrected chi connectivity index (χ4v) is 3.50. The lowest BCUT2D eigenvalue weighted by Crippen LogP contribution is -2.12. The van der Waals surface area contributed by atoms with Crippen LogP contribution in [-0.4, -0.2) is 58.7 Å². The molecule has 0 saturated heterocycles. The van der Waals surface area contributed by atoms with E-state index < -0.39 is 10.9 Å². The normalized spacial score (nSPS) is 11.2. The van der Waals surface area contributed by atoms with E-state index in [1.54, 1.807) is 35.0 Å². The van der Waals surface area contributed by atoms with Gasteiger partial charge in [-0.1, -0.05) is 6.07 Å².